The van der Waals surface area contributed by atoms with Crippen LogP contribution in [0.5, 0.6) is 0 Å². The molecule has 1 heteroatoms. The Hall–Kier alpha value is -5.66. The number of hydrogen-bond acceptors (Lipinski definition) is 1. The van der Waals surface area contributed by atoms with E-state index in [1.54, 1.807) is 0 Å². The summed E-state index contributed by atoms with van der Waals surface area (Å²) >= 11 is 0. The van der Waals surface area contributed by atoms with Crippen LogP contribution in [0.1, 0.15) is 61.8 Å². The molecule has 0 atom stereocenters. The maximum absolute atomic E-state index is 2.45. The molecule has 0 aliphatic heterocycles. The van der Waals surface area contributed by atoms with E-state index in [4.69, 9.17) is 0 Å². The van der Waals surface area contributed by atoms with Crippen molar-refractivity contribution in [3.63, 3.8) is 0 Å². The number of anilines is 2. The number of fused-ring (bicyclic) bond motifs is 4. The van der Waals surface area contributed by atoms with Gasteiger partial charge in [-0.25, -0.2) is 0 Å². The normalized spacial score (nSPS) is 16.5. The summed E-state index contributed by atoms with van der Waals surface area (Å²) in [5, 5.41) is 0. The molecule has 0 heterocycles. The lowest BCUT2D eigenvalue weighted by Gasteiger charge is -2.29. The zero-order valence-electron chi connectivity index (χ0n) is 28.2. The van der Waals surface area contributed by atoms with Crippen LogP contribution in [0.2, 0.25) is 0 Å². The van der Waals surface area contributed by atoms with Crippen molar-refractivity contribution in [2.75, 3.05) is 4.90 Å². The summed E-state index contributed by atoms with van der Waals surface area (Å²) < 4.78 is 0. The van der Waals surface area contributed by atoms with E-state index in [0.717, 1.165) is 25.7 Å². The smallest absolute Gasteiger partial charge is 0.0464 e. The van der Waals surface area contributed by atoms with E-state index >= 15 is 0 Å². The fourth-order valence-electron chi connectivity index (χ4n) is 8.35. The van der Waals surface area contributed by atoms with Crippen molar-refractivity contribution in [2.45, 2.75) is 39.5 Å². The highest BCUT2D eigenvalue weighted by Gasteiger charge is 2.31. The average molecular weight is 630 g/mol. The Morgan fingerprint density at radius 1 is 0.551 bits per heavy atom. The van der Waals surface area contributed by atoms with E-state index in [9.17, 15) is 0 Å². The fourth-order valence-corrected chi connectivity index (χ4v) is 8.35. The molecule has 0 amide bonds. The maximum atomic E-state index is 2.45. The molecule has 4 bridgehead atoms. The molecule has 0 fully saturated rings. The summed E-state index contributed by atoms with van der Waals surface area (Å²) in [5.41, 5.74) is 22.1. The molecule has 0 N–H and O–H groups in total. The minimum Gasteiger partial charge on any atom is -0.314 e. The zero-order valence-corrected chi connectivity index (χ0v) is 28.2. The summed E-state index contributed by atoms with van der Waals surface area (Å²) in [5.74, 6) is 0. The molecule has 0 radical (unpaired) electrons. The van der Waals surface area contributed by atoms with Gasteiger partial charge in [0.2, 0.25) is 0 Å². The number of allylic oxidation sites excluding steroid dienone is 12. The minimum atomic E-state index is 1.01. The van der Waals surface area contributed by atoms with Crippen molar-refractivity contribution in [3.05, 3.63) is 180 Å². The Kier molecular flexibility index (Phi) is 7.28. The standard InChI is InChI=1S/C48H39N/c1-3-40-43-29-26-36(31-46(43)48-41-22-13-23-45(48)42-20-10-11-21-44(42)47(40)32(41)2)35-16-12-19-39(30-35)49(37-17-8-5-9-18-37)38-27-24-34(25-28-38)33-14-6-4-7-15-33/h3-6,8,10-14,16-17,19-31H,7,9,15,18H2,1-2H3/b40-3-. The molecule has 9 rings (SSSR count). The molecule has 1 nitrogen and oxygen atoms in total. The van der Waals surface area contributed by atoms with E-state index < -0.39 is 0 Å². The minimum absolute atomic E-state index is 1.01. The quantitative estimate of drug-likeness (QED) is 0.187. The van der Waals surface area contributed by atoms with Gasteiger partial charge in [-0.1, -0.05) is 115 Å². The van der Waals surface area contributed by atoms with Crippen LogP contribution in [0.15, 0.2) is 157 Å². The molecule has 4 aliphatic carbocycles. The summed E-state index contributed by atoms with van der Waals surface area (Å²) in [6, 6.07) is 41.2. The first kappa shape index (κ1) is 29.5. The second-order valence-corrected chi connectivity index (χ2v) is 13.5. The topological polar surface area (TPSA) is 3.24 Å². The number of hydrogen-bond donors (Lipinski definition) is 0. The highest BCUT2D eigenvalue weighted by atomic mass is 15.1. The van der Waals surface area contributed by atoms with Gasteiger partial charge in [0.25, 0.3) is 0 Å². The summed E-state index contributed by atoms with van der Waals surface area (Å²) in [4.78, 5) is 2.45. The van der Waals surface area contributed by atoms with Crippen molar-refractivity contribution in [3.8, 4) is 33.4 Å². The Morgan fingerprint density at radius 2 is 1.27 bits per heavy atom. The summed E-state index contributed by atoms with van der Waals surface area (Å²) in [7, 11) is 0. The largest absolute Gasteiger partial charge is 0.314 e. The molecule has 0 saturated carbocycles. The van der Waals surface area contributed by atoms with Gasteiger partial charge in [-0.15, -0.1) is 0 Å². The average Bonchev–Trinajstić information content (AvgIpc) is 3.30. The third kappa shape index (κ3) is 4.92. The van der Waals surface area contributed by atoms with Crippen LogP contribution in [-0.4, -0.2) is 0 Å². The SMILES string of the molecule is C/C=C1\C2=C(C)c3cccc(c3-c3cc(-c4cccc(N(C5=CC=CCC5)c5ccc(C6=CC=CCC6)cc5)c4)ccc31)-c1ccccc12. The van der Waals surface area contributed by atoms with Gasteiger partial charge in [0, 0.05) is 17.1 Å². The van der Waals surface area contributed by atoms with Gasteiger partial charge in [0.15, 0.2) is 0 Å². The van der Waals surface area contributed by atoms with Crippen molar-refractivity contribution in [1.29, 1.82) is 0 Å². The first-order valence-electron chi connectivity index (χ1n) is 17.7. The van der Waals surface area contributed by atoms with Gasteiger partial charge in [-0.05, 0) is 154 Å². The van der Waals surface area contributed by atoms with Crippen LogP contribution in [0.3, 0.4) is 0 Å². The van der Waals surface area contributed by atoms with Crippen molar-refractivity contribution >= 4 is 33.7 Å². The van der Waals surface area contributed by atoms with Crippen LogP contribution in [-0.2, 0) is 0 Å². The van der Waals surface area contributed by atoms with Crippen LogP contribution in [0.4, 0.5) is 11.4 Å². The lowest BCUT2D eigenvalue weighted by molar-refractivity contribution is 0.917. The third-order valence-electron chi connectivity index (χ3n) is 10.7. The second kappa shape index (κ2) is 12.1. The van der Waals surface area contributed by atoms with E-state index in [1.807, 2.05) is 0 Å². The Labute approximate surface area is 290 Å². The molecular formula is C48H39N. The van der Waals surface area contributed by atoms with E-state index in [0.29, 0.717) is 0 Å². The number of rotatable bonds is 5. The molecule has 49 heavy (non-hydrogen) atoms. The van der Waals surface area contributed by atoms with Crippen molar-refractivity contribution in [2.24, 2.45) is 0 Å². The van der Waals surface area contributed by atoms with Crippen LogP contribution in [0, 0.1) is 0 Å². The highest BCUT2D eigenvalue weighted by Crippen LogP contribution is 2.55. The summed E-state index contributed by atoms with van der Waals surface area (Å²) in [6.45, 7) is 4.49. The first-order chi connectivity index (χ1) is 24.2. The first-order valence-corrected chi connectivity index (χ1v) is 17.7. The van der Waals surface area contributed by atoms with Gasteiger partial charge in [0.1, 0.15) is 0 Å². The zero-order chi connectivity index (χ0) is 32.9. The maximum Gasteiger partial charge on any atom is 0.0464 e. The third-order valence-corrected chi connectivity index (χ3v) is 10.7. The molecule has 236 valence electrons. The predicted octanol–water partition coefficient (Wildman–Crippen LogP) is 13.5. The number of nitrogens with zero attached hydrogens (tertiary/aromatic N) is 1. The van der Waals surface area contributed by atoms with Crippen LogP contribution in [0.25, 0.3) is 55.7 Å². The van der Waals surface area contributed by atoms with E-state index in [2.05, 4.69) is 170 Å². The van der Waals surface area contributed by atoms with Crippen molar-refractivity contribution < 1.29 is 0 Å². The fraction of sp³-hybridized carbons (Fsp3) is 0.125. The molecule has 0 saturated heterocycles. The van der Waals surface area contributed by atoms with Gasteiger partial charge in [-0.2, -0.15) is 0 Å². The predicted molar refractivity (Wildman–Crippen MR) is 210 cm³/mol. The molecule has 5 aromatic rings. The second-order valence-electron chi connectivity index (χ2n) is 13.5. The molecule has 5 aromatic carbocycles. The summed E-state index contributed by atoms with van der Waals surface area (Å²) in [6.07, 6.45) is 20.0. The Bertz CT molecular complexity index is 2330. The lowest BCUT2D eigenvalue weighted by Crippen LogP contribution is -2.17. The monoisotopic (exact) mass is 629 g/mol. The molecular weight excluding hydrogens is 591 g/mol. The molecule has 0 spiro atoms. The highest BCUT2D eigenvalue weighted by molar-refractivity contribution is 6.24. The number of benzene rings is 5. The van der Waals surface area contributed by atoms with Crippen molar-refractivity contribution in [1.82, 2.24) is 0 Å². The Morgan fingerprint density at radius 3 is 2.04 bits per heavy atom. The van der Waals surface area contributed by atoms with E-state index in [-0.39, 0.29) is 0 Å². The molecule has 4 aliphatic rings. The van der Waals surface area contributed by atoms with Gasteiger partial charge in [0.05, 0.1) is 0 Å². The van der Waals surface area contributed by atoms with Gasteiger partial charge < -0.3 is 4.90 Å². The lowest BCUT2D eigenvalue weighted by atomic mass is 9.81. The van der Waals surface area contributed by atoms with E-state index in [1.165, 1.54) is 95.0 Å². The molecule has 0 unspecified atom stereocenters. The molecule has 0 aromatic heterocycles. The van der Waals surface area contributed by atoms with Crippen LogP contribution >= 0.6 is 0 Å². The van der Waals surface area contributed by atoms with Gasteiger partial charge >= 0.3 is 0 Å². The van der Waals surface area contributed by atoms with Crippen LogP contribution < -0.4 is 4.90 Å². The van der Waals surface area contributed by atoms with Gasteiger partial charge in [-0.3, -0.25) is 0 Å². The Balaban J connectivity index is 1.17.